The molecule has 0 aliphatic carbocycles. The molecule has 142 valence electrons. The first-order valence-corrected chi connectivity index (χ1v) is 8.83. The van der Waals surface area contributed by atoms with E-state index >= 15 is 0 Å². The number of carbonyl (C=O) groups is 4. The van der Waals surface area contributed by atoms with Gasteiger partial charge in [0.05, 0.1) is 4.88 Å². The van der Waals surface area contributed by atoms with E-state index in [1.54, 1.807) is 55.9 Å². The molecule has 9 heteroatoms. The van der Waals surface area contributed by atoms with Crippen LogP contribution in [-0.4, -0.2) is 55.8 Å². The van der Waals surface area contributed by atoms with Crippen molar-refractivity contribution in [2.75, 3.05) is 32.6 Å². The smallest absolute Gasteiger partial charge is 0.325 e. The number of benzene rings is 1. The fraction of sp³-hybridized carbons (Fsp3) is 0.222. The van der Waals surface area contributed by atoms with Crippen LogP contribution in [0.15, 0.2) is 41.8 Å². The number of esters is 1. The largest absolute Gasteiger partial charge is 0.454 e. The van der Waals surface area contributed by atoms with E-state index in [0.29, 0.717) is 16.1 Å². The molecular weight excluding hydrogens is 370 g/mol. The number of ether oxygens (including phenoxy) is 1. The van der Waals surface area contributed by atoms with Crippen LogP contribution in [0.25, 0.3) is 0 Å². The molecule has 0 fully saturated rings. The molecule has 3 amide bonds. The molecule has 1 aromatic carbocycles. The Kier molecular flexibility index (Phi) is 7.07. The first-order chi connectivity index (χ1) is 12.9. The summed E-state index contributed by atoms with van der Waals surface area (Å²) in [4.78, 5) is 48.8. The third-order valence-corrected chi connectivity index (χ3v) is 4.19. The van der Waals surface area contributed by atoms with Crippen LogP contribution in [0, 0.1) is 0 Å². The standard InChI is InChI=1S/C18H19N3O5S/c1-21(2)18(25)12-5-7-13(8-6-12)20-15(22)11-26-16(23)10-19-17(24)14-4-3-9-27-14/h3-9H,10-11H2,1-2H3,(H,19,24)(H,20,22). The molecule has 1 aromatic heterocycles. The summed E-state index contributed by atoms with van der Waals surface area (Å²) in [6, 6.07) is 9.70. The van der Waals surface area contributed by atoms with Crippen molar-refractivity contribution in [3.8, 4) is 0 Å². The minimum atomic E-state index is -0.720. The van der Waals surface area contributed by atoms with Gasteiger partial charge in [-0.05, 0) is 35.7 Å². The van der Waals surface area contributed by atoms with Crippen LogP contribution in [0.2, 0.25) is 0 Å². The second-order valence-electron chi connectivity index (χ2n) is 5.65. The Balaban J connectivity index is 1.73. The number of anilines is 1. The highest BCUT2D eigenvalue weighted by Gasteiger charge is 2.12. The lowest BCUT2D eigenvalue weighted by atomic mass is 10.2. The summed E-state index contributed by atoms with van der Waals surface area (Å²) in [6.45, 7) is -0.808. The highest BCUT2D eigenvalue weighted by molar-refractivity contribution is 7.12. The van der Waals surface area contributed by atoms with Crippen molar-refractivity contribution in [3.63, 3.8) is 0 Å². The summed E-state index contributed by atoms with van der Waals surface area (Å²) in [5.41, 5.74) is 0.961. The lowest BCUT2D eigenvalue weighted by molar-refractivity contribution is -0.146. The fourth-order valence-electron chi connectivity index (χ4n) is 2.00. The van der Waals surface area contributed by atoms with Gasteiger partial charge in [-0.25, -0.2) is 0 Å². The van der Waals surface area contributed by atoms with Crippen LogP contribution in [0.4, 0.5) is 5.69 Å². The predicted molar refractivity (Wildman–Crippen MR) is 101 cm³/mol. The Morgan fingerprint density at radius 3 is 2.37 bits per heavy atom. The van der Waals surface area contributed by atoms with Gasteiger partial charge >= 0.3 is 5.97 Å². The summed E-state index contributed by atoms with van der Waals surface area (Å²) in [7, 11) is 3.30. The first-order valence-electron chi connectivity index (χ1n) is 7.95. The Labute approximate surface area is 160 Å². The van der Waals surface area contributed by atoms with Crippen molar-refractivity contribution in [2.45, 2.75) is 0 Å². The van der Waals surface area contributed by atoms with E-state index in [1.807, 2.05) is 0 Å². The summed E-state index contributed by atoms with van der Waals surface area (Å²) < 4.78 is 4.81. The second kappa shape index (κ2) is 9.48. The van der Waals surface area contributed by atoms with Crippen LogP contribution < -0.4 is 10.6 Å². The molecule has 0 unspecified atom stereocenters. The van der Waals surface area contributed by atoms with Gasteiger partial charge in [0.2, 0.25) is 0 Å². The Morgan fingerprint density at radius 2 is 1.78 bits per heavy atom. The van der Waals surface area contributed by atoms with Crippen molar-refractivity contribution >= 4 is 40.7 Å². The minimum absolute atomic E-state index is 0.147. The lowest BCUT2D eigenvalue weighted by Gasteiger charge is -2.11. The fourth-order valence-corrected chi connectivity index (χ4v) is 2.64. The molecule has 2 N–H and O–H groups in total. The predicted octanol–water partition coefficient (Wildman–Crippen LogP) is 1.36. The lowest BCUT2D eigenvalue weighted by Crippen LogP contribution is -2.31. The molecule has 2 aromatic rings. The normalized spacial score (nSPS) is 10.0. The molecule has 2 rings (SSSR count). The maximum absolute atomic E-state index is 11.8. The van der Waals surface area contributed by atoms with Gasteiger partial charge in [-0.3, -0.25) is 19.2 Å². The molecule has 8 nitrogen and oxygen atoms in total. The van der Waals surface area contributed by atoms with Gasteiger partial charge in [-0.15, -0.1) is 11.3 Å². The van der Waals surface area contributed by atoms with Crippen LogP contribution >= 0.6 is 11.3 Å². The van der Waals surface area contributed by atoms with Crippen molar-refractivity contribution < 1.29 is 23.9 Å². The van der Waals surface area contributed by atoms with Crippen LogP contribution in [0.3, 0.4) is 0 Å². The van der Waals surface area contributed by atoms with Crippen molar-refractivity contribution in [2.24, 2.45) is 0 Å². The third-order valence-electron chi connectivity index (χ3n) is 3.32. The third kappa shape index (κ3) is 6.23. The highest BCUT2D eigenvalue weighted by atomic mass is 32.1. The van der Waals surface area contributed by atoms with Crippen LogP contribution in [0.5, 0.6) is 0 Å². The van der Waals surface area contributed by atoms with Gasteiger partial charge in [-0.2, -0.15) is 0 Å². The number of thiophene rings is 1. The monoisotopic (exact) mass is 389 g/mol. The topological polar surface area (TPSA) is 105 Å². The van der Waals surface area contributed by atoms with E-state index in [9.17, 15) is 19.2 Å². The molecule has 1 heterocycles. The zero-order valence-electron chi connectivity index (χ0n) is 14.9. The summed E-state index contributed by atoms with van der Waals surface area (Å²) in [5.74, 6) is -1.77. The van der Waals surface area contributed by atoms with Gasteiger partial charge in [-0.1, -0.05) is 6.07 Å². The number of rotatable bonds is 7. The van der Waals surface area contributed by atoms with Crippen LogP contribution in [0.1, 0.15) is 20.0 Å². The number of nitrogens with one attached hydrogen (secondary N) is 2. The Morgan fingerprint density at radius 1 is 1.07 bits per heavy atom. The number of amides is 3. The van der Waals surface area contributed by atoms with E-state index in [0.717, 1.165) is 0 Å². The number of hydrogen-bond donors (Lipinski definition) is 2. The Bertz CT molecular complexity index is 816. The molecule has 27 heavy (non-hydrogen) atoms. The molecule has 0 aliphatic heterocycles. The molecule has 0 radical (unpaired) electrons. The summed E-state index contributed by atoms with van der Waals surface area (Å²) >= 11 is 1.25. The summed E-state index contributed by atoms with van der Waals surface area (Å²) in [6.07, 6.45) is 0. The van der Waals surface area contributed by atoms with Crippen molar-refractivity contribution in [3.05, 3.63) is 52.2 Å². The van der Waals surface area contributed by atoms with Gasteiger partial charge in [0.1, 0.15) is 6.54 Å². The molecular formula is C18H19N3O5S. The SMILES string of the molecule is CN(C)C(=O)c1ccc(NC(=O)COC(=O)CNC(=O)c2cccs2)cc1. The van der Waals surface area contributed by atoms with E-state index in [2.05, 4.69) is 10.6 Å². The van der Waals surface area contributed by atoms with E-state index in [-0.39, 0.29) is 18.4 Å². The molecule has 0 saturated heterocycles. The molecule has 0 saturated carbocycles. The highest BCUT2D eigenvalue weighted by Crippen LogP contribution is 2.11. The zero-order chi connectivity index (χ0) is 19.8. The maximum Gasteiger partial charge on any atom is 0.325 e. The average Bonchev–Trinajstić information content (AvgIpc) is 3.19. The molecule has 0 bridgehead atoms. The van der Waals surface area contributed by atoms with Crippen molar-refractivity contribution in [1.82, 2.24) is 10.2 Å². The number of nitrogens with zero attached hydrogens (tertiary/aromatic N) is 1. The first kappa shape index (κ1) is 20.1. The van der Waals surface area contributed by atoms with Crippen LogP contribution in [-0.2, 0) is 14.3 Å². The van der Waals surface area contributed by atoms with Crippen molar-refractivity contribution in [1.29, 1.82) is 0 Å². The minimum Gasteiger partial charge on any atom is -0.454 e. The number of hydrogen-bond acceptors (Lipinski definition) is 6. The van der Waals surface area contributed by atoms with Gasteiger partial charge in [0.15, 0.2) is 6.61 Å². The van der Waals surface area contributed by atoms with Gasteiger partial charge in [0, 0.05) is 25.3 Å². The summed E-state index contributed by atoms with van der Waals surface area (Å²) in [5, 5.41) is 6.72. The second-order valence-corrected chi connectivity index (χ2v) is 6.59. The van der Waals surface area contributed by atoms with Gasteiger partial charge in [0.25, 0.3) is 17.7 Å². The molecule has 0 aliphatic rings. The van der Waals surface area contributed by atoms with E-state index < -0.39 is 18.5 Å². The zero-order valence-corrected chi connectivity index (χ0v) is 15.7. The Hall–Kier alpha value is -3.20. The molecule has 0 spiro atoms. The van der Waals surface area contributed by atoms with E-state index in [4.69, 9.17) is 4.74 Å². The van der Waals surface area contributed by atoms with Gasteiger partial charge < -0.3 is 20.3 Å². The van der Waals surface area contributed by atoms with E-state index in [1.165, 1.54) is 16.2 Å². The molecule has 0 atom stereocenters. The number of carbonyl (C=O) groups excluding carboxylic acids is 4. The maximum atomic E-state index is 11.8. The average molecular weight is 389 g/mol. The quantitative estimate of drug-likeness (QED) is 0.696.